The summed E-state index contributed by atoms with van der Waals surface area (Å²) in [6.45, 7) is 8.80. The van der Waals surface area contributed by atoms with Crippen LogP contribution in [-0.4, -0.2) is 71.7 Å². The van der Waals surface area contributed by atoms with E-state index in [0.717, 1.165) is 32.7 Å². The molecule has 1 fully saturated rings. The summed E-state index contributed by atoms with van der Waals surface area (Å²) in [5, 5.41) is 39.1. The van der Waals surface area contributed by atoms with Gasteiger partial charge in [0.25, 0.3) is 5.91 Å². The Kier molecular flexibility index (Phi) is 46.2. The molecule has 3 heterocycles. The largest absolute Gasteiger partial charge is 0.440 e. The topological polar surface area (TPSA) is 195 Å². The van der Waals surface area contributed by atoms with Gasteiger partial charge in [-0.25, -0.2) is 18.5 Å². The lowest BCUT2D eigenvalue weighted by atomic mass is 9.88. The minimum absolute atomic E-state index is 0. The number of cyclic esters (lactones) is 1. The Hall–Kier alpha value is -20.8. The number of aryl methyl sites for hydroxylation is 2. The van der Waals surface area contributed by atoms with Crippen molar-refractivity contribution in [1.82, 2.24) is 15.2 Å². The highest BCUT2D eigenvalue weighted by Crippen LogP contribution is 2.45. The summed E-state index contributed by atoms with van der Waals surface area (Å²) in [7, 11) is 0. The van der Waals surface area contributed by atoms with Crippen LogP contribution in [0, 0.1) is 394 Å². The quantitative estimate of drug-likeness (QED) is 0.0774. The minimum Gasteiger partial charge on any atom is -0.440 e. The van der Waals surface area contributed by atoms with Crippen LogP contribution < -0.4 is 0 Å². The van der Waals surface area contributed by atoms with Crippen LogP contribution >= 0.6 is 0 Å². The highest BCUT2D eigenvalue weighted by molar-refractivity contribution is 5.99. The lowest BCUT2D eigenvalue weighted by Gasteiger charge is -2.37. The van der Waals surface area contributed by atoms with Crippen molar-refractivity contribution >= 4 is 17.8 Å². The predicted molar refractivity (Wildman–Crippen MR) is 501 cm³/mol. The number of aromatic nitrogens is 2. The highest BCUT2D eigenvalue weighted by atomic mass is 19.1. The second-order valence-corrected chi connectivity index (χ2v) is 25.3. The number of imide groups is 1. The molecular formula is C117H59F2N3O11. The number of nitrogens with zero attached hydrogens (tertiary/aromatic N) is 3. The number of aliphatic hydroxyl groups is 3. The van der Waals surface area contributed by atoms with Gasteiger partial charge < -0.3 is 38.6 Å². The van der Waals surface area contributed by atoms with Gasteiger partial charge in [-0.1, -0.05) is 121 Å². The van der Waals surface area contributed by atoms with Crippen molar-refractivity contribution in [2.75, 3.05) is 6.61 Å². The minimum atomic E-state index is -1.95. The maximum Gasteiger partial charge on any atom is 0.417 e. The van der Waals surface area contributed by atoms with Gasteiger partial charge in [0.15, 0.2) is 17.0 Å². The zero-order chi connectivity index (χ0) is 94.8. The number of ether oxygens (including phenoxy) is 3. The van der Waals surface area contributed by atoms with Crippen LogP contribution in [0.1, 0.15) is 93.0 Å². The Morgan fingerprint density at radius 1 is 0.398 bits per heavy atom. The number of ketones is 1. The third-order valence-corrected chi connectivity index (χ3v) is 15.9. The zero-order valence-electron chi connectivity index (χ0n) is 70.5. The van der Waals surface area contributed by atoms with Gasteiger partial charge in [0.05, 0.1) is 13.2 Å². The van der Waals surface area contributed by atoms with Crippen molar-refractivity contribution < 1.29 is 61.7 Å². The third kappa shape index (κ3) is 38.6. The average molecular weight is 1720 g/mol. The summed E-state index contributed by atoms with van der Waals surface area (Å²) in [4.78, 5) is 40.8. The standard InChI is InChI=1S/C62H2.C32H31FN2O6.C22H22FNO5.CH4/c1-3-5-7-9-11-13-15-17-19-21-23-25-27-29-31-33-35-37-39-41-43-45-47-49-51-53-55-57-59-61-62-60-58-56-54-52-50-48-46-44-42-40-38-36-34-32-30-28-26-24-22-20-18-16-14-12-10-8-6-4-2;1-20-18-26(34-41-20)28(36)32(4,39-19-21-10-12-22(13-11-21)23-14-16-25(33)17-15-23)29(37)35-27(24-8-6-5-7-9-24)31(2,3)40-30(35)38;1-14-11-19(24-29-14)21(27)22(2,20(26)12-25)28-13-15-3-5-16(6-4-15)17-7-9-18(23)10-8-17;/h1-2H;5-18,27-28,36H,19H2,1-4H3;3-11,21,25,27H,12-13H2,1-2H3;1H4/t;27-,28-,32-;21-,22+;/m.00./s1. The molecule has 2 amide bonds. The Bertz CT molecular complexity index is 7550. The van der Waals surface area contributed by atoms with Crippen molar-refractivity contribution in [1.29, 1.82) is 0 Å². The average Bonchev–Trinajstić information content (AvgIpc) is 1.59. The van der Waals surface area contributed by atoms with E-state index in [9.17, 15) is 38.5 Å². The molecule has 8 rings (SSSR count). The Labute approximate surface area is 775 Å². The molecule has 0 bridgehead atoms. The molecule has 1 aliphatic heterocycles. The number of hydrogen-bond acceptors (Lipinski definition) is 13. The number of carbonyl (C=O) groups is 3. The van der Waals surface area contributed by atoms with Gasteiger partial charge in [-0.3, -0.25) is 9.59 Å². The van der Waals surface area contributed by atoms with Crippen molar-refractivity contribution in [2.24, 2.45) is 0 Å². The van der Waals surface area contributed by atoms with E-state index in [1.54, 1.807) is 52.0 Å². The molecule has 0 spiro atoms. The number of hydrogen-bond donors (Lipinski definition) is 3. The van der Waals surface area contributed by atoms with Crippen LogP contribution in [0.15, 0.2) is 149 Å². The number of halogens is 2. The zero-order valence-corrected chi connectivity index (χ0v) is 70.5. The van der Waals surface area contributed by atoms with Crippen LogP contribution in [0.3, 0.4) is 0 Å². The Balaban J connectivity index is 0.000000376. The van der Waals surface area contributed by atoms with Crippen molar-refractivity contribution in [2.45, 2.75) is 97.2 Å². The SMILES string of the molecule is C.C#CC#CC#CC#CC#CC#CC#CC#CC#CC#CC#CC#CC#CC#CC#CC#CC#CC#CC#CC#CC#CC#CC#CC#CC#CC#CC#CC#CC#CC#CC#C.Cc1cc([C@H](O)[C@](C)(OCc2ccc(-c3ccc(F)cc3)cc2)C(=O)CO)no1.Cc1cc([C@H](O)[C@](C)(OCc2ccc(-c3ccc(F)cc3)cc2)C(=O)N2C(=O)OC(C)(C)[C@@H]2c2ccccc2)no1. The molecule has 16 heteroatoms. The molecular weight excluding hydrogens is 1660 g/mol. The summed E-state index contributed by atoms with van der Waals surface area (Å²) < 4.78 is 54.1. The Morgan fingerprint density at radius 3 is 0.865 bits per heavy atom. The molecule has 133 heavy (non-hydrogen) atoms. The molecule has 622 valence electrons. The molecule has 0 aliphatic carbocycles. The number of benzene rings is 5. The van der Waals surface area contributed by atoms with Crippen molar-refractivity contribution in [3.8, 4) is 390 Å². The summed E-state index contributed by atoms with van der Waals surface area (Å²) >= 11 is 0. The number of aliphatic hydroxyl groups excluding tert-OH is 3. The van der Waals surface area contributed by atoms with E-state index in [1.165, 1.54) is 50.2 Å². The van der Waals surface area contributed by atoms with E-state index in [2.05, 4.69) is 366 Å². The smallest absolute Gasteiger partial charge is 0.417 e. The maximum atomic E-state index is 14.3. The fourth-order valence-corrected chi connectivity index (χ4v) is 9.85. The van der Waals surface area contributed by atoms with Gasteiger partial charge in [-0.2, -0.15) is 0 Å². The van der Waals surface area contributed by atoms with E-state index in [1.807, 2.05) is 78.9 Å². The molecule has 5 atom stereocenters. The first-order valence-electron chi connectivity index (χ1n) is 37.6. The second-order valence-electron chi connectivity index (χ2n) is 25.3. The van der Waals surface area contributed by atoms with E-state index in [-0.39, 0.29) is 43.7 Å². The molecule has 0 unspecified atom stereocenters. The lowest BCUT2D eigenvalue weighted by Crippen LogP contribution is -2.54. The van der Waals surface area contributed by atoms with E-state index >= 15 is 0 Å². The van der Waals surface area contributed by atoms with Gasteiger partial charge in [0.2, 0.25) is 0 Å². The Morgan fingerprint density at radius 2 is 0.632 bits per heavy atom. The van der Waals surface area contributed by atoms with Gasteiger partial charge in [0, 0.05) is 273 Å². The number of terminal acetylenes is 2. The monoisotopic (exact) mass is 1720 g/mol. The summed E-state index contributed by atoms with van der Waals surface area (Å²) in [6, 6.07) is 38.4. The normalized spacial score (nSPS) is 10.7. The molecule has 14 nitrogen and oxygen atoms in total. The third-order valence-electron chi connectivity index (χ3n) is 15.9. The first kappa shape index (κ1) is 103. The van der Waals surface area contributed by atoms with Gasteiger partial charge in [-0.05, 0) is 199 Å². The molecule has 3 N–H and O–H groups in total. The number of amides is 2. The fraction of sp³-hybridized carbons (Fsp3) is 0.137. The van der Waals surface area contributed by atoms with E-state index < -0.39 is 59.4 Å². The molecule has 2 aromatic heterocycles. The maximum absolute atomic E-state index is 14.3. The predicted octanol–water partition coefficient (Wildman–Crippen LogP) is 10.6. The lowest BCUT2D eigenvalue weighted by molar-refractivity contribution is -0.175. The van der Waals surface area contributed by atoms with E-state index in [0.29, 0.717) is 22.6 Å². The first-order chi connectivity index (χ1) is 64.2. The second kappa shape index (κ2) is 59.8. The summed E-state index contributed by atoms with van der Waals surface area (Å²) in [5.41, 5.74) is 1.21. The summed E-state index contributed by atoms with van der Waals surface area (Å²) in [6.07, 6.45) is 6.07. The van der Waals surface area contributed by atoms with Gasteiger partial charge in [0.1, 0.15) is 65.0 Å². The van der Waals surface area contributed by atoms with Gasteiger partial charge in [-0.15, -0.1) is 12.8 Å². The summed E-state index contributed by atoms with van der Waals surface area (Å²) in [5.74, 6) is 147. The van der Waals surface area contributed by atoms with Crippen LogP contribution in [-0.2, 0) is 37.0 Å². The number of rotatable bonds is 16. The van der Waals surface area contributed by atoms with Crippen LogP contribution in [0.4, 0.5) is 13.6 Å². The number of carbonyl (C=O) groups excluding carboxylic acids is 3. The molecule has 1 aliphatic rings. The molecule has 7 aromatic rings. The first-order valence-corrected chi connectivity index (χ1v) is 37.6. The van der Waals surface area contributed by atoms with Gasteiger partial charge >= 0.3 is 6.09 Å². The molecule has 0 radical (unpaired) electrons. The molecule has 0 saturated carbocycles. The van der Waals surface area contributed by atoms with Crippen LogP contribution in [0.5, 0.6) is 0 Å². The van der Waals surface area contributed by atoms with E-state index in [4.69, 9.17) is 36.1 Å². The van der Waals surface area contributed by atoms with Crippen molar-refractivity contribution in [3.05, 3.63) is 191 Å². The number of Topliss-reactive ketones (excluding diaryl/α,β-unsaturated/α-hetero) is 1. The molecule has 1 saturated heterocycles. The fourth-order valence-electron chi connectivity index (χ4n) is 9.85. The van der Waals surface area contributed by atoms with Crippen molar-refractivity contribution in [3.63, 3.8) is 0 Å². The molecule has 5 aromatic carbocycles. The van der Waals surface area contributed by atoms with Crippen LogP contribution in [0.25, 0.3) is 22.3 Å². The van der Waals surface area contributed by atoms with Crippen LogP contribution in [0.2, 0.25) is 0 Å². The highest BCUT2D eigenvalue weighted by Gasteiger charge is 2.58.